The number of guanidine groups is 1. The highest BCUT2D eigenvalue weighted by Crippen LogP contribution is 2.33. The number of aromatic nitrogens is 3. The van der Waals surface area contributed by atoms with E-state index in [0.717, 1.165) is 11.5 Å². The maximum absolute atomic E-state index is 12.9. The molecule has 2 unspecified atom stereocenters. The van der Waals surface area contributed by atoms with Gasteiger partial charge in [0.15, 0.2) is 11.6 Å². The molecular formula is C22H36IN7O3. The van der Waals surface area contributed by atoms with Crippen LogP contribution in [0.5, 0.6) is 0 Å². The number of nitrogens with one attached hydrogen (secondary N) is 2. The van der Waals surface area contributed by atoms with Crippen molar-refractivity contribution in [1.82, 2.24) is 30.1 Å². The molecule has 2 aromatic rings. The normalized spacial score (nSPS) is 20.5. The van der Waals surface area contributed by atoms with E-state index in [-0.39, 0.29) is 42.2 Å². The second-order valence-electron chi connectivity index (χ2n) is 9.36. The van der Waals surface area contributed by atoms with Crippen LogP contribution < -0.4 is 10.6 Å². The molecule has 33 heavy (non-hydrogen) atoms. The van der Waals surface area contributed by atoms with Gasteiger partial charge in [0.1, 0.15) is 17.2 Å². The molecule has 0 saturated carbocycles. The number of pyridine rings is 1. The van der Waals surface area contributed by atoms with E-state index in [1.165, 1.54) is 0 Å². The molecular weight excluding hydrogens is 537 g/mol. The van der Waals surface area contributed by atoms with Crippen LogP contribution in [-0.4, -0.2) is 75.2 Å². The van der Waals surface area contributed by atoms with Crippen LogP contribution in [0.3, 0.4) is 0 Å². The Morgan fingerprint density at radius 2 is 2.00 bits per heavy atom. The van der Waals surface area contributed by atoms with E-state index in [0.29, 0.717) is 25.5 Å². The molecule has 0 radical (unpaired) electrons. The summed E-state index contributed by atoms with van der Waals surface area (Å²) in [6.45, 7) is 12.4. The minimum absolute atomic E-state index is 0. The third kappa shape index (κ3) is 6.69. The zero-order valence-electron chi connectivity index (χ0n) is 20.5. The predicted octanol–water partition coefficient (Wildman–Crippen LogP) is 2.82. The monoisotopic (exact) mass is 573 g/mol. The SMILES string of the molecule is CN=C(NCCc1nnc2ccccn12)NCC1C(C)OC(C)(C)N1C(=O)OC(C)(C)C.I. The van der Waals surface area contributed by atoms with Crippen LogP contribution in [0.1, 0.15) is 47.4 Å². The first-order valence-corrected chi connectivity index (χ1v) is 10.9. The summed E-state index contributed by atoms with van der Waals surface area (Å²) >= 11 is 0. The minimum atomic E-state index is -0.764. The zero-order chi connectivity index (χ0) is 23.5. The number of amides is 1. The first kappa shape index (κ1) is 27.1. The largest absolute Gasteiger partial charge is 0.444 e. The van der Waals surface area contributed by atoms with Gasteiger partial charge >= 0.3 is 6.09 Å². The molecule has 2 atom stereocenters. The summed E-state index contributed by atoms with van der Waals surface area (Å²) < 4.78 is 13.7. The lowest BCUT2D eigenvalue weighted by molar-refractivity contribution is -0.0755. The molecule has 0 aliphatic carbocycles. The third-order valence-corrected chi connectivity index (χ3v) is 5.25. The van der Waals surface area contributed by atoms with Crippen LogP contribution in [0.4, 0.5) is 4.79 Å². The molecule has 3 rings (SSSR count). The Hall–Kier alpha value is -2.15. The minimum Gasteiger partial charge on any atom is -0.444 e. The summed E-state index contributed by atoms with van der Waals surface area (Å²) in [4.78, 5) is 18.9. The Bertz CT molecular complexity index is 970. The van der Waals surface area contributed by atoms with Crippen LogP contribution in [0.15, 0.2) is 29.4 Å². The van der Waals surface area contributed by atoms with Gasteiger partial charge in [0.25, 0.3) is 0 Å². The number of nitrogens with zero attached hydrogens (tertiary/aromatic N) is 5. The Morgan fingerprint density at radius 3 is 2.67 bits per heavy atom. The fourth-order valence-electron chi connectivity index (χ4n) is 3.90. The molecule has 0 spiro atoms. The van der Waals surface area contributed by atoms with Gasteiger partial charge in [0, 0.05) is 32.8 Å². The quantitative estimate of drug-likeness (QED) is 0.322. The summed E-state index contributed by atoms with van der Waals surface area (Å²) in [6, 6.07) is 5.61. The van der Waals surface area contributed by atoms with E-state index in [1.54, 1.807) is 11.9 Å². The predicted molar refractivity (Wildman–Crippen MR) is 138 cm³/mol. The van der Waals surface area contributed by atoms with Gasteiger partial charge in [-0.15, -0.1) is 34.2 Å². The third-order valence-electron chi connectivity index (χ3n) is 5.25. The number of rotatable bonds is 5. The molecule has 10 nitrogen and oxygen atoms in total. The second-order valence-corrected chi connectivity index (χ2v) is 9.36. The number of ether oxygens (including phenoxy) is 2. The number of hydrogen-bond donors (Lipinski definition) is 2. The smallest absolute Gasteiger partial charge is 0.412 e. The highest BCUT2D eigenvalue weighted by molar-refractivity contribution is 14.0. The van der Waals surface area contributed by atoms with Crippen LogP contribution in [0, 0.1) is 0 Å². The lowest BCUT2D eigenvalue weighted by Crippen LogP contribution is -2.54. The van der Waals surface area contributed by atoms with Gasteiger partial charge in [-0.1, -0.05) is 6.07 Å². The van der Waals surface area contributed by atoms with Crippen LogP contribution in [0.25, 0.3) is 5.65 Å². The summed E-state index contributed by atoms with van der Waals surface area (Å²) in [7, 11) is 1.71. The Kier molecular flexibility index (Phi) is 8.91. The summed E-state index contributed by atoms with van der Waals surface area (Å²) in [5, 5.41) is 15.0. The van der Waals surface area contributed by atoms with Crippen molar-refractivity contribution in [3.63, 3.8) is 0 Å². The maximum atomic E-state index is 12.9. The highest BCUT2D eigenvalue weighted by Gasteiger charge is 2.49. The Morgan fingerprint density at radius 1 is 1.27 bits per heavy atom. The molecule has 184 valence electrons. The van der Waals surface area contributed by atoms with E-state index in [9.17, 15) is 4.79 Å². The first-order valence-electron chi connectivity index (χ1n) is 10.9. The molecule has 2 aromatic heterocycles. The van der Waals surface area contributed by atoms with Gasteiger partial charge < -0.3 is 20.1 Å². The van der Waals surface area contributed by atoms with Gasteiger partial charge in [-0.25, -0.2) is 4.79 Å². The fraction of sp³-hybridized carbons (Fsp3) is 0.636. The molecule has 11 heteroatoms. The Labute approximate surface area is 212 Å². The van der Waals surface area contributed by atoms with Gasteiger partial charge in [-0.2, -0.15) is 0 Å². The van der Waals surface area contributed by atoms with Crippen molar-refractivity contribution in [1.29, 1.82) is 0 Å². The number of carbonyl (C=O) groups excluding carboxylic acids is 1. The van der Waals surface area contributed by atoms with Crippen molar-refractivity contribution >= 4 is 41.7 Å². The van der Waals surface area contributed by atoms with Crippen molar-refractivity contribution in [2.45, 2.75) is 71.4 Å². The van der Waals surface area contributed by atoms with Gasteiger partial charge in [0.2, 0.25) is 0 Å². The second kappa shape index (κ2) is 10.9. The molecule has 2 N–H and O–H groups in total. The van der Waals surface area contributed by atoms with E-state index < -0.39 is 11.3 Å². The Balaban J connectivity index is 0.00000385. The van der Waals surface area contributed by atoms with E-state index in [2.05, 4.69) is 25.8 Å². The number of halogens is 1. The van der Waals surface area contributed by atoms with Crippen molar-refractivity contribution in [3.05, 3.63) is 30.2 Å². The fourth-order valence-corrected chi connectivity index (χ4v) is 3.90. The molecule has 0 bridgehead atoms. The van der Waals surface area contributed by atoms with Crippen LogP contribution >= 0.6 is 24.0 Å². The highest BCUT2D eigenvalue weighted by atomic mass is 127. The average molecular weight is 573 g/mol. The summed E-state index contributed by atoms with van der Waals surface area (Å²) in [6.07, 6.45) is 2.09. The molecule has 1 amide bonds. The van der Waals surface area contributed by atoms with E-state index in [4.69, 9.17) is 9.47 Å². The van der Waals surface area contributed by atoms with Gasteiger partial charge in [-0.05, 0) is 53.7 Å². The summed E-state index contributed by atoms with van der Waals surface area (Å²) in [5.41, 5.74) is -0.523. The van der Waals surface area contributed by atoms with Crippen LogP contribution in [-0.2, 0) is 15.9 Å². The van der Waals surface area contributed by atoms with Crippen molar-refractivity contribution in [2.75, 3.05) is 20.1 Å². The van der Waals surface area contributed by atoms with E-state index in [1.807, 2.05) is 70.3 Å². The molecule has 0 aromatic carbocycles. The topological polar surface area (TPSA) is 105 Å². The lowest BCUT2D eigenvalue weighted by Gasteiger charge is -2.35. The average Bonchev–Trinajstić information content (AvgIpc) is 3.20. The van der Waals surface area contributed by atoms with Gasteiger partial charge in [-0.3, -0.25) is 14.3 Å². The molecule has 1 fully saturated rings. The number of fused-ring (bicyclic) bond motifs is 1. The number of carbonyl (C=O) groups is 1. The standard InChI is InChI=1S/C22H35N7O3.HI/c1-15-16(29(22(5,6)31-15)20(30)32-21(2,3)4)14-25-19(23-7)24-12-11-18-27-26-17-10-8-9-13-28(17)18;/h8-10,13,15-16H,11-12,14H2,1-7H3,(H2,23,24,25);1H. The van der Waals surface area contributed by atoms with Gasteiger partial charge in [0.05, 0.1) is 12.1 Å². The van der Waals surface area contributed by atoms with Crippen molar-refractivity contribution < 1.29 is 14.3 Å². The lowest BCUT2D eigenvalue weighted by atomic mass is 10.1. The van der Waals surface area contributed by atoms with Crippen LogP contribution in [0.2, 0.25) is 0 Å². The summed E-state index contributed by atoms with van der Waals surface area (Å²) in [5.74, 6) is 1.51. The molecule has 1 aliphatic heterocycles. The molecule has 1 aliphatic rings. The molecule has 3 heterocycles. The number of hydrogen-bond acceptors (Lipinski definition) is 6. The maximum Gasteiger partial charge on any atom is 0.412 e. The molecule has 1 saturated heterocycles. The zero-order valence-corrected chi connectivity index (χ0v) is 22.8. The van der Waals surface area contributed by atoms with Crippen molar-refractivity contribution in [2.24, 2.45) is 4.99 Å². The van der Waals surface area contributed by atoms with Crippen molar-refractivity contribution in [3.8, 4) is 0 Å². The van der Waals surface area contributed by atoms with E-state index >= 15 is 0 Å². The number of aliphatic imine (C=N–C) groups is 1. The first-order chi connectivity index (χ1) is 15.0.